The molecular weight excluding hydrogens is 468 g/mol. The summed E-state index contributed by atoms with van der Waals surface area (Å²) in [5.74, 6) is 0.801. The van der Waals surface area contributed by atoms with E-state index in [-0.39, 0.29) is 17.2 Å². The van der Waals surface area contributed by atoms with Gasteiger partial charge in [0, 0.05) is 24.3 Å². The fourth-order valence-electron chi connectivity index (χ4n) is 4.86. The second-order valence-electron chi connectivity index (χ2n) is 10.6. The molecule has 0 bridgehead atoms. The van der Waals surface area contributed by atoms with Crippen molar-refractivity contribution in [2.45, 2.75) is 64.8 Å². The minimum atomic E-state index is -0.656. The second-order valence-corrected chi connectivity index (χ2v) is 10.6. The van der Waals surface area contributed by atoms with Gasteiger partial charge in [-0.05, 0) is 53.7 Å². The van der Waals surface area contributed by atoms with E-state index in [0.717, 1.165) is 0 Å². The molecule has 0 radical (unpaired) electrons. The van der Waals surface area contributed by atoms with Gasteiger partial charge in [-0.3, -0.25) is 25.0 Å². The lowest BCUT2D eigenvalue weighted by molar-refractivity contribution is -0.385. The van der Waals surface area contributed by atoms with Crippen LogP contribution in [0.25, 0.3) is 0 Å². The van der Waals surface area contributed by atoms with Crippen molar-refractivity contribution in [3.8, 4) is 11.5 Å². The Bertz CT molecular complexity index is 1150. The summed E-state index contributed by atoms with van der Waals surface area (Å²) in [6, 6.07) is 7.42. The molecule has 2 atom stereocenters. The first-order valence-corrected chi connectivity index (χ1v) is 11.7. The zero-order valence-corrected chi connectivity index (χ0v) is 21.2. The molecule has 0 aliphatic carbocycles. The van der Waals surface area contributed by atoms with Crippen LogP contribution in [0.4, 0.5) is 22.7 Å². The number of nitro benzene ring substituents is 2. The van der Waals surface area contributed by atoms with E-state index in [9.17, 15) is 25.0 Å². The van der Waals surface area contributed by atoms with Crippen molar-refractivity contribution < 1.29 is 24.1 Å². The molecule has 0 saturated carbocycles. The number of fused-ring (bicyclic) bond motifs is 2. The lowest BCUT2D eigenvalue weighted by Crippen LogP contribution is -2.58. The number of ketones is 1. The van der Waals surface area contributed by atoms with Crippen molar-refractivity contribution >= 4 is 28.5 Å². The fraction of sp³-hybridized carbons (Fsp3) is 0.480. The van der Waals surface area contributed by atoms with Crippen molar-refractivity contribution in [3.05, 3.63) is 56.6 Å². The molecule has 11 heteroatoms. The molecule has 36 heavy (non-hydrogen) atoms. The molecule has 0 fully saturated rings. The molecule has 0 N–H and O–H groups in total. The van der Waals surface area contributed by atoms with Crippen LogP contribution in [-0.2, 0) is 4.79 Å². The number of benzene rings is 2. The van der Waals surface area contributed by atoms with Crippen LogP contribution in [-0.4, -0.2) is 52.0 Å². The van der Waals surface area contributed by atoms with E-state index in [0.29, 0.717) is 36.0 Å². The number of hydrogen-bond acceptors (Lipinski definition) is 9. The van der Waals surface area contributed by atoms with E-state index in [1.165, 1.54) is 24.3 Å². The number of Topliss-reactive ketones (excluding diaryl/α,β-unsaturated/α-hetero) is 1. The molecule has 11 nitrogen and oxygen atoms in total. The van der Waals surface area contributed by atoms with Crippen molar-refractivity contribution in [1.29, 1.82) is 0 Å². The van der Waals surface area contributed by atoms with Gasteiger partial charge in [-0.25, -0.2) is 0 Å². The number of nitro groups is 2. The number of rotatable bonds is 6. The Kier molecular flexibility index (Phi) is 6.06. The average molecular weight is 499 g/mol. The summed E-state index contributed by atoms with van der Waals surface area (Å²) < 4.78 is 12.1. The van der Waals surface area contributed by atoms with Crippen LogP contribution < -0.4 is 19.3 Å². The Balaban J connectivity index is 1.70. The number of nitrogens with zero attached hydrogens (tertiary/aromatic N) is 4. The van der Waals surface area contributed by atoms with E-state index >= 15 is 0 Å². The third kappa shape index (κ3) is 4.65. The first-order chi connectivity index (χ1) is 16.7. The van der Waals surface area contributed by atoms with Crippen LogP contribution in [0.1, 0.15) is 41.5 Å². The summed E-state index contributed by atoms with van der Waals surface area (Å²) in [7, 11) is 0. The number of anilines is 2. The van der Waals surface area contributed by atoms with Gasteiger partial charge in [0.25, 0.3) is 11.4 Å². The van der Waals surface area contributed by atoms with Gasteiger partial charge in [0.05, 0.1) is 46.4 Å². The maximum Gasteiger partial charge on any atom is 0.271 e. The van der Waals surface area contributed by atoms with Gasteiger partial charge in [0.2, 0.25) is 0 Å². The average Bonchev–Trinajstić information content (AvgIpc) is 2.79. The number of non-ortho nitro benzene ring substituents is 2. The highest BCUT2D eigenvalue weighted by Crippen LogP contribution is 2.43. The van der Waals surface area contributed by atoms with E-state index in [4.69, 9.17) is 9.47 Å². The molecule has 2 unspecified atom stereocenters. The summed E-state index contributed by atoms with van der Waals surface area (Å²) >= 11 is 0. The van der Waals surface area contributed by atoms with Gasteiger partial charge in [-0.1, -0.05) is 0 Å². The Morgan fingerprint density at radius 1 is 0.806 bits per heavy atom. The van der Waals surface area contributed by atoms with Gasteiger partial charge in [0.15, 0.2) is 5.78 Å². The summed E-state index contributed by atoms with van der Waals surface area (Å²) in [6.45, 7) is 11.8. The van der Waals surface area contributed by atoms with Crippen molar-refractivity contribution in [1.82, 2.24) is 0 Å². The lowest BCUT2D eigenvalue weighted by atomic mass is 9.96. The van der Waals surface area contributed by atoms with Crippen LogP contribution in [0, 0.1) is 20.2 Å². The van der Waals surface area contributed by atoms with Crippen molar-refractivity contribution in [2.24, 2.45) is 0 Å². The molecule has 0 amide bonds. The highest BCUT2D eigenvalue weighted by molar-refractivity contribution is 5.95. The van der Waals surface area contributed by atoms with Crippen LogP contribution >= 0.6 is 0 Å². The topological polar surface area (TPSA) is 128 Å². The molecule has 2 aromatic rings. The molecule has 0 spiro atoms. The molecular formula is C25H30N4O7. The zero-order valence-electron chi connectivity index (χ0n) is 21.2. The summed E-state index contributed by atoms with van der Waals surface area (Å²) in [5.41, 5.74) is -0.480. The second kappa shape index (κ2) is 8.65. The van der Waals surface area contributed by atoms with E-state index in [1.54, 1.807) is 26.0 Å². The molecule has 2 aliphatic rings. The third-order valence-corrected chi connectivity index (χ3v) is 6.56. The predicted molar refractivity (Wildman–Crippen MR) is 134 cm³/mol. The maximum atomic E-state index is 13.9. The summed E-state index contributed by atoms with van der Waals surface area (Å²) in [5, 5.41) is 22.8. The van der Waals surface area contributed by atoms with Gasteiger partial charge in [-0.15, -0.1) is 0 Å². The van der Waals surface area contributed by atoms with Gasteiger partial charge < -0.3 is 19.3 Å². The fourth-order valence-corrected chi connectivity index (χ4v) is 4.86. The number of carbonyl (C=O) groups is 1. The van der Waals surface area contributed by atoms with Crippen LogP contribution in [0.15, 0.2) is 36.4 Å². The molecule has 192 valence electrons. The quantitative estimate of drug-likeness (QED) is 0.417. The smallest absolute Gasteiger partial charge is 0.271 e. The molecule has 4 rings (SSSR count). The van der Waals surface area contributed by atoms with Crippen molar-refractivity contribution in [3.63, 3.8) is 0 Å². The molecule has 0 saturated heterocycles. The summed E-state index contributed by atoms with van der Waals surface area (Å²) in [4.78, 5) is 39.4. The zero-order chi connectivity index (χ0) is 26.6. The minimum Gasteiger partial charge on any atom is -0.484 e. The van der Waals surface area contributed by atoms with Gasteiger partial charge >= 0.3 is 0 Å². The standard InChI is InChI=1S/C25H30N4O7/c1-15(26-13-24(3,4)35-21-9-7-17(28(31)32)11-19(21)26)23(30)16(2)27-14-25(5,6)36-22-10-8-18(29(33)34)12-20(22)27/h7-12,15-16H,13-14H2,1-6H3. The van der Waals surface area contributed by atoms with E-state index < -0.39 is 33.1 Å². The molecule has 0 aromatic heterocycles. The number of carbonyl (C=O) groups excluding carboxylic acids is 1. The highest BCUT2D eigenvalue weighted by Gasteiger charge is 2.42. The van der Waals surface area contributed by atoms with Crippen LogP contribution in [0.2, 0.25) is 0 Å². The largest absolute Gasteiger partial charge is 0.484 e. The minimum absolute atomic E-state index is 0.0917. The normalized spacial score (nSPS) is 19.2. The number of hydrogen-bond donors (Lipinski definition) is 0. The lowest BCUT2D eigenvalue weighted by Gasteiger charge is -2.46. The molecule has 2 aromatic carbocycles. The van der Waals surface area contributed by atoms with Crippen LogP contribution in [0.5, 0.6) is 11.5 Å². The first-order valence-electron chi connectivity index (χ1n) is 11.7. The SMILES string of the molecule is CC(C(=O)C(C)N1CC(C)(C)Oc2ccc([N+](=O)[O-])cc21)N1CC(C)(C)Oc2ccc([N+](=O)[O-])cc21. The van der Waals surface area contributed by atoms with Crippen LogP contribution in [0.3, 0.4) is 0 Å². The Morgan fingerprint density at radius 3 is 1.50 bits per heavy atom. The molecule has 2 heterocycles. The number of ether oxygens (including phenoxy) is 2. The monoisotopic (exact) mass is 498 g/mol. The van der Waals surface area contributed by atoms with Gasteiger partial charge in [-0.2, -0.15) is 0 Å². The Labute approximate surface area is 208 Å². The predicted octanol–water partition coefficient (Wildman–Crippen LogP) is 4.50. The molecule has 2 aliphatic heterocycles. The van der Waals surface area contributed by atoms with Gasteiger partial charge in [0.1, 0.15) is 22.7 Å². The van der Waals surface area contributed by atoms with E-state index in [1.807, 2.05) is 37.5 Å². The maximum absolute atomic E-state index is 13.9. The highest BCUT2D eigenvalue weighted by atomic mass is 16.6. The first kappa shape index (κ1) is 25.2. The van der Waals surface area contributed by atoms with Crippen molar-refractivity contribution in [2.75, 3.05) is 22.9 Å². The Morgan fingerprint density at radius 2 is 1.17 bits per heavy atom. The Hall–Kier alpha value is -3.89. The third-order valence-electron chi connectivity index (χ3n) is 6.56. The van der Waals surface area contributed by atoms with E-state index in [2.05, 4.69) is 0 Å². The summed E-state index contributed by atoms with van der Waals surface area (Å²) in [6.07, 6.45) is 0.